The third-order valence-electron chi connectivity index (χ3n) is 2.55. The van der Waals surface area contributed by atoms with Crippen molar-refractivity contribution in [3.05, 3.63) is 29.8 Å². The lowest BCUT2D eigenvalue weighted by Gasteiger charge is -2.04. The highest BCUT2D eigenvalue weighted by Gasteiger charge is 2.19. The van der Waals surface area contributed by atoms with Gasteiger partial charge in [0.2, 0.25) is 5.03 Å². The van der Waals surface area contributed by atoms with Crippen molar-refractivity contribution in [2.24, 2.45) is 5.73 Å². The summed E-state index contributed by atoms with van der Waals surface area (Å²) in [5, 5.41) is 10.6. The van der Waals surface area contributed by atoms with Crippen LogP contribution in [0, 0.1) is 0 Å². The average Bonchev–Trinajstić information content (AvgIpc) is 2.55. The molecule has 5 heteroatoms. The molecule has 0 bridgehead atoms. The van der Waals surface area contributed by atoms with E-state index in [9.17, 15) is 4.79 Å². The Morgan fingerprint density at radius 3 is 2.88 bits per heavy atom. The number of hydrogen-bond donors (Lipinski definition) is 3. The summed E-state index contributed by atoms with van der Waals surface area (Å²) < 4.78 is 0. The summed E-state index contributed by atoms with van der Waals surface area (Å²) in [7, 11) is 0. The third-order valence-corrected chi connectivity index (χ3v) is 2.98. The van der Waals surface area contributed by atoms with Crippen LogP contribution in [-0.2, 0) is 23.8 Å². The topological polar surface area (TPSA) is 79.1 Å². The lowest BCUT2D eigenvalue weighted by atomic mass is 10.1. The van der Waals surface area contributed by atoms with Crippen LogP contribution in [0.4, 0.5) is 0 Å². The normalized spacial score (nSPS) is 12.9. The molecule has 16 heavy (non-hydrogen) atoms. The fraction of sp³-hybridized carbons (Fsp3) is 0.182. The zero-order chi connectivity index (χ0) is 11.7. The first-order chi connectivity index (χ1) is 7.59. The van der Waals surface area contributed by atoms with E-state index in [1.54, 1.807) is 0 Å². The van der Waals surface area contributed by atoms with Gasteiger partial charge in [0.1, 0.15) is 6.04 Å². The highest BCUT2D eigenvalue weighted by atomic mass is 32.1. The number of aliphatic carboxylic acids is 1. The number of carbonyl (C=O) groups is 1. The molecule has 2 aromatic rings. The van der Waals surface area contributed by atoms with E-state index in [2.05, 4.69) is 17.6 Å². The van der Waals surface area contributed by atoms with Crippen molar-refractivity contribution in [2.45, 2.75) is 17.5 Å². The SMILES string of the molecule is NC(Cc1c([SH2+])[nH]c2ccccc12)C(=O)O. The second-order valence-electron chi connectivity index (χ2n) is 3.67. The van der Waals surface area contributed by atoms with Gasteiger partial charge in [-0.05, 0) is 6.07 Å². The number of aromatic amines is 1. The van der Waals surface area contributed by atoms with Crippen molar-refractivity contribution in [1.29, 1.82) is 0 Å². The van der Waals surface area contributed by atoms with Gasteiger partial charge in [0.05, 0.1) is 0 Å². The summed E-state index contributed by atoms with van der Waals surface area (Å²) in [4.78, 5) is 13.9. The number of H-pyrrole nitrogens is 1. The first-order valence-corrected chi connectivity index (χ1v) is 5.39. The van der Waals surface area contributed by atoms with E-state index in [4.69, 9.17) is 10.8 Å². The summed E-state index contributed by atoms with van der Waals surface area (Å²) in [5.41, 5.74) is 7.41. The van der Waals surface area contributed by atoms with Crippen LogP contribution in [0.1, 0.15) is 5.56 Å². The molecule has 0 aliphatic carbocycles. The predicted molar refractivity (Wildman–Crippen MR) is 66.0 cm³/mol. The second-order valence-corrected chi connectivity index (χ2v) is 4.17. The van der Waals surface area contributed by atoms with E-state index in [0.29, 0.717) is 6.42 Å². The van der Waals surface area contributed by atoms with Gasteiger partial charge in [-0.3, -0.25) is 4.79 Å². The number of hydrogen-bond acceptors (Lipinski definition) is 2. The van der Waals surface area contributed by atoms with Gasteiger partial charge in [-0.1, -0.05) is 18.2 Å². The van der Waals surface area contributed by atoms with E-state index in [0.717, 1.165) is 21.5 Å². The number of aromatic nitrogens is 1. The minimum absolute atomic E-state index is 0.304. The fourth-order valence-corrected chi connectivity index (χ4v) is 2.09. The van der Waals surface area contributed by atoms with Gasteiger partial charge >= 0.3 is 5.97 Å². The van der Waals surface area contributed by atoms with E-state index in [-0.39, 0.29) is 0 Å². The van der Waals surface area contributed by atoms with Gasteiger partial charge in [-0.25, -0.2) is 0 Å². The Balaban J connectivity index is 2.43. The summed E-state index contributed by atoms with van der Waals surface area (Å²) >= 11 is 3.44. The lowest BCUT2D eigenvalue weighted by Crippen LogP contribution is -2.32. The Morgan fingerprint density at radius 2 is 2.19 bits per heavy atom. The molecular weight excluding hydrogens is 224 g/mol. The molecule has 2 rings (SSSR count). The monoisotopic (exact) mass is 237 g/mol. The Bertz CT molecular complexity index is 536. The van der Waals surface area contributed by atoms with Crippen LogP contribution >= 0.6 is 0 Å². The van der Waals surface area contributed by atoms with E-state index < -0.39 is 12.0 Å². The van der Waals surface area contributed by atoms with Gasteiger partial charge < -0.3 is 15.8 Å². The van der Waals surface area contributed by atoms with E-state index >= 15 is 0 Å². The van der Waals surface area contributed by atoms with Crippen LogP contribution in [0.25, 0.3) is 10.9 Å². The molecule has 0 spiro atoms. The maximum absolute atomic E-state index is 10.7. The standard InChI is InChI=1S/C11H12N2O2S/c12-8(11(14)15)5-7-6-3-1-2-4-9(6)13-10(7)16/h1-4,8,13,16H,5,12H2,(H,14,15)/p+1. The zero-order valence-electron chi connectivity index (χ0n) is 8.53. The van der Waals surface area contributed by atoms with Crippen molar-refractivity contribution in [3.8, 4) is 0 Å². The summed E-state index contributed by atoms with van der Waals surface area (Å²) in [6, 6.07) is 6.84. The number of para-hydroxylation sites is 1. The van der Waals surface area contributed by atoms with Crippen LogP contribution < -0.4 is 5.73 Å². The first-order valence-electron chi connectivity index (χ1n) is 4.89. The lowest BCUT2D eigenvalue weighted by molar-refractivity contribution is -0.138. The number of nitrogens with one attached hydrogen (secondary N) is 1. The predicted octanol–water partition coefficient (Wildman–Crippen LogP) is 0.493. The van der Waals surface area contributed by atoms with Crippen molar-refractivity contribution in [1.82, 2.24) is 4.98 Å². The molecule has 0 aliphatic rings. The molecule has 4 nitrogen and oxygen atoms in total. The second kappa shape index (κ2) is 4.19. The molecule has 1 heterocycles. The molecule has 1 aromatic heterocycles. The van der Waals surface area contributed by atoms with Gasteiger partial charge in [-0.15, -0.1) is 0 Å². The van der Waals surface area contributed by atoms with E-state index in [1.807, 2.05) is 24.3 Å². The quantitative estimate of drug-likeness (QED) is 0.680. The molecule has 1 aromatic carbocycles. The number of benzene rings is 1. The highest BCUT2D eigenvalue weighted by molar-refractivity contribution is 7.58. The minimum atomic E-state index is -0.989. The Hall–Kier alpha value is -1.46. The third kappa shape index (κ3) is 1.91. The highest BCUT2D eigenvalue weighted by Crippen LogP contribution is 2.23. The molecule has 1 atom stereocenters. The van der Waals surface area contributed by atoms with Gasteiger partial charge in [0.15, 0.2) is 0 Å². The number of nitrogens with two attached hydrogens (primary N) is 1. The van der Waals surface area contributed by atoms with Crippen molar-refractivity contribution in [2.75, 3.05) is 0 Å². The molecule has 0 fully saturated rings. The summed E-state index contributed by atoms with van der Waals surface area (Å²) in [5.74, 6) is -0.989. The Labute approximate surface area is 97.9 Å². The van der Waals surface area contributed by atoms with Crippen LogP contribution in [-0.4, -0.2) is 22.1 Å². The van der Waals surface area contributed by atoms with Crippen LogP contribution in [0.3, 0.4) is 0 Å². The first kappa shape index (κ1) is 11.0. The Kier molecular flexibility index (Phi) is 2.89. The molecule has 84 valence electrons. The average molecular weight is 237 g/mol. The largest absolute Gasteiger partial charge is 0.480 e. The van der Waals surface area contributed by atoms with Crippen LogP contribution in [0.2, 0.25) is 0 Å². The van der Waals surface area contributed by atoms with Crippen molar-refractivity contribution < 1.29 is 9.90 Å². The smallest absolute Gasteiger partial charge is 0.320 e. The van der Waals surface area contributed by atoms with Crippen molar-refractivity contribution >= 4 is 29.5 Å². The van der Waals surface area contributed by atoms with Crippen LogP contribution in [0.5, 0.6) is 0 Å². The molecule has 0 amide bonds. The van der Waals surface area contributed by atoms with Gasteiger partial charge in [0.25, 0.3) is 0 Å². The van der Waals surface area contributed by atoms with Gasteiger partial charge in [-0.2, -0.15) is 0 Å². The number of carboxylic acids is 1. The van der Waals surface area contributed by atoms with E-state index in [1.165, 1.54) is 0 Å². The maximum Gasteiger partial charge on any atom is 0.320 e. The van der Waals surface area contributed by atoms with Crippen molar-refractivity contribution in [3.63, 3.8) is 0 Å². The number of fused-ring (bicyclic) bond motifs is 1. The summed E-state index contributed by atoms with van der Waals surface area (Å²) in [6.45, 7) is 0. The zero-order valence-corrected chi connectivity index (χ0v) is 9.53. The van der Waals surface area contributed by atoms with Crippen LogP contribution in [0.15, 0.2) is 29.3 Å². The maximum atomic E-state index is 10.7. The Morgan fingerprint density at radius 1 is 1.50 bits per heavy atom. The minimum Gasteiger partial charge on any atom is -0.480 e. The number of rotatable bonds is 3. The number of carboxylic acid groups (broad SMARTS) is 1. The molecular formula is C11H13N2O2S+. The van der Waals surface area contributed by atoms with Gasteiger partial charge in [0, 0.05) is 35.5 Å². The molecule has 4 N–H and O–H groups in total. The molecule has 0 radical (unpaired) electrons. The molecule has 1 unspecified atom stereocenters. The molecule has 0 aliphatic heterocycles. The molecule has 0 saturated heterocycles. The summed E-state index contributed by atoms with van der Waals surface area (Å²) in [6.07, 6.45) is 0.304. The fourth-order valence-electron chi connectivity index (χ4n) is 1.72. The molecule has 0 saturated carbocycles.